The number of aromatic amines is 1. The Bertz CT molecular complexity index is 1050. The number of carbonyl (C=O) groups excluding carboxylic acids is 1. The second-order valence-electron chi connectivity index (χ2n) is 9.13. The van der Waals surface area contributed by atoms with Crippen LogP contribution in [0, 0.1) is 11.8 Å². The summed E-state index contributed by atoms with van der Waals surface area (Å²) in [5, 5.41) is 0. The van der Waals surface area contributed by atoms with Crippen LogP contribution in [0.25, 0.3) is 0 Å². The molecule has 0 fully saturated rings. The van der Waals surface area contributed by atoms with Crippen LogP contribution in [0.15, 0.2) is 33.9 Å². The van der Waals surface area contributed by atoms with E-state index in [0.717, 1.165) is 13.0 Å². The van der Waals surface area contributed by atoms with Gasteiger partial charge >= 0.3 is 5.69 Å². The van der Waals surface area contributed by atoms with Crippen molar-refractivity contribution >= 4 is 17.4 Å². The Morgan fingerprint density at radius 2 is 1.81 bits per heavy atom. The van der Waals surface area contributed by atoms with E-state index in [4.69, 9.17) is 5.73 Å². The third-order valence-electron chi connectivity index (χ3n) is 5.45. The van der Waals surface area contributed by atoms with E-state index >= 15 is 0 Å². The fraction of sp³-hybridized carbons (Fsp3) is 0.522. The number of nitrogen functional groups attached to an aromatic ring is 1. The van der Waals surface area contributed by atoms with E-state index in [0.29, 0.717) is 19.6 Å². The van der Waals surface area contributed by atoms with Crippen molar-refractivity contribution in [3.63, 3.8) is 0 Å². The van der Waals surface area contributed by atoms with Crippen LogP contribution in [-0.2, 0) is 24.3 Å². The van der Waals surface area contributed by atoms with Crippen LogP contribution in [0.2, 0.25) is 0 Å². The molecule has 0 bridgehead atoms. The van der Waals surface area contributed by atoms with Crippen LogP contribution in [-0.4, -0.2) is 40.0 Å². The number of H-pyrrole nitrogens is 1. The van der Waals surface area contributed by atoms with Crippen LogP contribution >= 0.6 is 0 Å². The van der Waals surface area contributed by atoms with Crippen molar-refractivity contribution in [2.45, 2.75) is 47.2 Å². The molecule has 1 aromatic heterocycles. The summed E-state index contributed by atoms with van der Waals surface area (Å²) in [6.45, 7) is 10.2. The van der Waals surface area contributed by atoms with Crippen molar-refractivity contribution in [3.05, 3.63) is 56.2 Å². The monoisotopic (exact) mass is 427 g/mol. The molecule has 1 aliphatic heterocycles. The Morgan fingerprint density at radius 1 is 1.13 bits per heavy atom. The Balaban J connectivity index is 1.91. The summed E-state index contributed by atoms with van der Waals surface area (Å²) in [7, 11) is 0. The van der Waals surface area contributed by atoms with Gasteiger partial charge in [-0.3, -0.25) is 24.0 Å². The van der Waals surface area contributed by atoms with Crippen molar-refractivity contribution < 1.29 is 4.79 Å². The molecule has 8 heteroatoms. The van der Waals surface area contributed by atoms with Crippen LogP contribution in [0.3, 0.4) is 0 Å². The molecule has 8 nitrogen and oxygen atoms in total. The summed E-state index contributed by atoms with van der Waals surface area (Å²) < 4.78 is 1.35. The number of nitrogens with one attached hydrogen (secondary N) is 1. The van der Waals surface area contributed by atoms with Gasteiger partial charge in [-0.2, -0.15) is 0 Å². The van der Waals surface area contributed by atoms with E-state index in [2.05, 4.69) is 22.0 Å². The molecule has 0 saturated carbocycles. The number of fused-ring (bicyclic) bond motifs is 1. The molecular weight excluding hydrogens is 394 g/mol. The lowest BCUT2D eigenvalue weighted by Crippen LogP contribution is -2.47. The number of hydrogen-bond donors (Lipinski definition) is 2. The number of nitrogens with zero attached hydrogens (tertiary/aromatic N) is 3. The number of rotatable bonds is 7. The maximum absolute atomic E-state index is 13.4. The molecule has 0 unspecified atom stereocenters. The predicted molar refractivity (Wildman–Crippen MR) is 123 cm³/mol. The minimum Gasteiger partial charge on any atom is -0.383 e. The molecule has 168 valence electrons. The van der Waals surface area contributed by atoms with Crippen LogP contribution in [0.4, 0.5) is 11.5 Å². The largest absolute Gasteiger partial charge is 0.383 e. The Kier molecular flexibility index (Phi) is 7.00. The molecule has 0 radical (unpaired) electrons. The van der Waals surface area contributed by atoms with Gasteiger partial charge in [-0.25, -0.2) is 4.79 Å². The van der Waals surface area contributed by atoms with Crippen LogP contribution in [0.1, 0.15) is 38.8 Å². The summed E-state index contributed by atoms with van der Waals surface area (Å²) >= 11 is 0. The fourth-order valence-electron chi connectivity index (χ4n) is 4.03. The molecule has 3 rings (SSSR count). The third kappa shape index (κ3) is 5.25. The molecule has 31 heavy (non-hydrogen) atoms. The quantitative estimate of drug-likeness (QED) is 0.701. The highest BCUT2D eigenvalue weighted by molar-refractivity contribution is 5.96. The molecule has 0 spiro atoms. The Labute approximate surface area is 182 Å². The average molecular weight is 428 g/mol. The molecule has 3 N–H and O–H groups in total. The first kappa shape index (κ1) is 22.8. The van der Waals surface area contributed by atoms with E-state index < -0.39 is 11.2 Å². The van der Waals surface area contributed by atoms with Gasteiger partial charge in [-0.05, 0) is 29.4 Å². The van der Waals surface area contributed by atoms with Crippen LogP contribution in [0.5, 0.6) is 0 Å². The van der Waals surface area contributed by atoms with Gasteiger partial charge < -0.3 is 10.6 Å². The lowest BCUT2D eigenvalue weighted by atomic mass is 10.00. The second kappa shape index (κ2) is 9.51. The van der Waals surface area contributed by atoms with Crippen molar-refractivity contribution in [1.82, 2.24) is 14.5 Å². The highest BCUT2D eigenvalue weighted by atomic mass is 16.2. The minimum absolute atomic E-state index is 0.0421. The summed E-state index contributed by atoms with van der Waals surface area (Å²) in [6, 6.07) is 8.25. The number of hydrogen-bond acceptors (Lipinski definition) is 5. The molecule has 0 aliphatic carbocycles. The Hall–Kier alpha value is -2.87. The molecule has 1 aliphatic rings. The van der Waals surface area contributed by atoms with E-state index in [1.54, 1.807) is 0 Å². The second-order valence-corrected chi connectivity index (χ2v) is 9.13. The number of amides is 1. The van der Waals surface area contributed by atoms with Gasteiger partial charge in [0, 0.05) is 26.2 Å². The first-order valence-electron chi connectivity index (χ1n) is 10.9. The average Bonchev–Trinajstić information content (AvgIpc) is 2.69. The predicted octanol–water partition coefficient (Wildman–Crippen LogP) is 1.82. The lowest BCUT2D eigenvalue weighted by Gasteiger charge is -2.32. The highest BCUT2D eigenvalue weighted by Gasteiger charge is 2.27. The van der Waals surface area contributed by atoms with Crippen molar-refractivity contribution in [3.8, 4) is 0 Å². The zero-order valence-corrected chi connectivity index (χ0v) is 18.9. The molecule has 0 atom stereocenters. The van der Waals surface area contributed by atoms with Gasteiger partial charge in [0.05, 0.1) is 6.54 Å². The van der Waals surface area contributed by atoms with Gasteiger partial charge in [0.1, 0.15) is 5.82 Å². The van der Waals surface area contributed by atoms with Gasteiger partial charge in [0.2, 0.25) is 5.91 Å². The van der Waals surface area contributed by atoms with Gasteiger partial charge in [0.25, 0.3) is 5.56 Å². The summed E-state index contributed by atoms with van der Waals surface area (Å²) in [6.07, 6.45) is 0.885. The zero-order valence-electron chi connectivity index (χ0n) is 18.9. The van der Waals surface area contributed by atoms with Gasteiger partial charge in [-0.1, -0.05) is 52.0 Å². The maximum atomic E-state index is 13.4. The fourth-order valence-corrected chi connectivity index (χ4v) is 4.03. The number of carbonyl (C=O) groups is 1. The smallest absolute Gasteiger partial charge is 0.330 e. The summed E-state index contributed by atoms with van der Waals surface area (Å²) in [4.78, 5) is 44.3. The molecule has 1 aromatic carbocycles. The number of anilines is 2. The first-order chi connectivity index (χ1) is 14.7. The molecule has 2 heterocycles. The van der Waals surface area contributed by atoms with Crippen LogP contribution < -0.4 is 21.9 Å². The zero-order chi connectivity index (χ0) is 22.7. The van der Waals surface area contributed by atoms with Gasteiger partial charge in [0.15, 0.2) is 5.69 Å². The highest BCUT2D eigenvalue weighted by Crippen LogP contribution is 2.22. The first-order valence-corrected chi connectivity index (χ1v) is 10.9. The third-order valence-corrected chi connectivity index (χ3v) is 5.45. The van der Waals surface area contributed by atoms with Crippen molar-refractivity contribution in [2.75, 3.05) is 30.3 Å². The number of benzene rings is 1. The molecule has 0 saturated heterocycles. The molecule has 1 amide bonds. The number of nitrogens with two attached hydrogens (primary N) is 1. The standard InChI is InChI=1S/C23H33N5O3/c1-15(2)11-27(20-21(24)28(12-16(3)4)23(31)25-22(20)30)19(29)14-26-10-9-17-7-5-6-8-18(17)13-26/h5-8,15-16H,9-14,24H2,1-4H3,(H,25,30,31). The van der Waals surface area contributed by atoms with E-state index in [1.807, 2.05) is 39.8 Å². The van der Waals surface area contributed by atoms with E-state index in [1.165, 1.54) is 20.6 Å². The maximum Gasteiger partial charge on any atom is 0.330 e. The van der Waals surface area contributed by atoms with E-state index in [9.17, 15) is 14.4 Å². The SMILES string of the molecule is CC(C)CN(C(=O)CN1CCc2ccccc2C1)c1c(N)n(CC(C)C)c(=O)[nH]c1=O. The number of aromatic nitrogens is 2. The topological polar surface area (TPSA) is 104 Å². The normalized spacial score (nSPS) is 14.1. The van der Waals surface area contributed by atoms with Gasteiger partial charge in [-0.15, -0.1) is 0 Å². The van der Waals surface area contributed by atoms with Crippen molar-refractivity contribution in [1.29, 1.82) is 0 Å². The minimum atomic E-state index is -0.625. The van der Waals surface area contributed by atoms with Crippen molar-refractivity contribution in [2.24, 2.45) is 11.8 Å². The van der Waals surface area contributed by atoms with E-state index in [-0.39, 0.29) is 35.8 Å². The Morgan fingerprint density at radius 3 is 2.45 bits per heavy atom. The summed E-state index contributed by atoms with van der Waals surface area (Å²) in [5.74, 6) is 0.122. The molecular formula is C23H33N5O3. The molecule has 2 aromatic rings. The lowest BCUT2D eigenvalue weighted by molar-refractivity contribution is -0.120. The summed E-state index contributed by atoms with van der Waals surface area (Å²) in [5.41, 5.74) is 7.70.